The summed E-state index contributed by atoms with van der Waals surface area (Å²) in [6.45, 7) is 1.88. The Morgan fingerprint density at radius 2 is 1.94 bits per heavy atom. The van der Waals surface area contributed by atoms with Crippen LogP contribution in [0.2, 0.25) is 0 Å². The molecule has 2 aromatic rings. The fourth-order valence-corrected chi connectivity index (χ4v) is 2.70. The summed E-state index contributed by atoms with van der Waals surface area (Å²) in [7, 11) is 0. The molecule has 2 nitrogen and oxygen atoms in total. The number of nitrogens with one attached hydrogen (secondary N) is 1. The van der Waals surface area contributed by atoms with E-state index in [-0.39, 0.29) is 0 Å². The number of aliphatic imine (C=N–C) groups is 1. The maximum absolute atomic E-state index is 4.45. The summed E-state index contributed by atoms with van der Waals surface area (Å²) in [6.07, 6.45) is 0.897. The normalized spacial score (nSPS) is 14.8. The van der Waals surface area contributed by atoms with Gasteiger partial charge in [0.25, 0.3) is 0 Å². The first-order valence-electron chi connectivity index (χ1n) is 5.78. The van der Waals surface area contributed by atoms with Crippen molar-refractivity contribution in [3.05, 3.63) is 46.4 Å². The molecule has 1 aliphatic heterocycles. The lowest BCUT2D eigenvalue weighted by Crippen LogP contribution is -2.20. The van der Waals surface area contributed by atoms with Crippen LogP contribution >= 0.6 is 15.9 Å². The number of benzene rings is 2. The number of halogens is 1. The van der Waals surface area contributed by atoms with Crippen molar-refractivity contribution >= 4 is 32.5 Å². The molecule has 0 aromatic heterocycles. The Balaban J connectivity index is 2.07. The van der Waals surface area contributed by atoms with Crippen molar-refractivity contribution in [1.29, 1.82) is 0 Å². The van der Waals surface area contributed by atoms with Gasteiger partial charge in [-0.25, -0.2) is 0 Å². The Morgan fingerprint density at radius 1 is 1.12 bits per heavy atom. The van der Waals surface area contributed by atoms with Gasteiger partial charge in [-0.15, -0.1) is 0 Å². The zero-order valence-electron chi connectivity index (χ0n) is 9.41. The second-order valence-corrected chi connectivity index (χ2v) is 5.04. The molecule has 0 amide bonds. The van der Waals surface area contributed by atoms with Crippen LogP contribution in [0.4, 0.5) is 0 Å². The lowest BCUT2D eigenvalue weighted by atomic mass is 10.0. The number of rotatable bonds is 2. The molecule has 2 aromatic carbocycles. The standard InChI is InChI=1S/C14H13BrN2/c15-13-6-5-10(9-14-16-7-8-17-14)11-3-1-2-4-12(11)13/h1-6H,7-9H2,(H,16,17). The lowest BCUT2D eigenvalue weighted by molar-refractivity contribution is 0.954. The van der Waals surface area contributed by atoms with E-state index in [1.165, 1.54) is 16.3 Å². The molecule has 17 heavy (non-hydrogen) atoms. The third kappa shape index (κ3) is 2.07. The van der Waals surface area contributed by atoms with E-state index in [4.69, 9.17) is 0 Å². The van der Waals surface area contributed by atoms with E-state index in [0.29, 0.717) is 0 Å². The molecule has 1 N–H and O–H groups in total. The Bertz CT molecular complexity index is 590. The SMILES string of the molecule is Brc1ccc(CC2=NCCN2)c2ccccc12. The van der Waals surface area contributed by atoms with Crippen LogP contribution in [0.5, 0.6) is 0 Å². The second kappa shape index (κ2) is 4.49. The minimum atomic E-state index is 0.897. The molecule has 0 saturated heterocycles. The minimum Gasteiger partial charge on any atom is -0.372 e. The number of amidine groups is 1. The van der Waals surface area contributed by atoms with Crippen molar-refractivity contribution < 1.29 is 0 Å². The van der Waals surface area contributed by atoms with Crippen LogP contribution in [0, 0.1) is 0 Å². The van der Waals surface area contributed by atoms with E-state index in [2.05, 4.69) is 62.6 Å². The molecular weight excluding hydrogens is 276 g/mol. The fraction of sp³-hybridized carbons (Fsp3) is 0.214. The molecule has 0 fully saturated rings. The van der Waals surface area contributed by atoms with Crippen molar-refractivity contribution in [1.82, 2.24) is 5.32 Å². The molecule has 0 bridgehead atoms. The Labute approximate surface area is 109 Å². The molecule has 0 atom stereocenters. The van der Waals surface area contributed by atoms with Crippen LogP contribution < -0.4 is 5.32 Å². The average molecular weight is 289 g/mol. The first kappa shape index (κ1) is 10.8. The summed E-state index contributed by atoms with van der Waals surface area (Å²) in [5.41, 5.74) is 1.33. The Morgan fingerprint density at radius 3 is 2.71 bits per heavy atom. The van der Waals surface area contributed by atoms with E-state index in [9.17, 15) is 0 Å². The molecule has 0 saturated carbocycles. The van der Waals surface area contributed by atoms with Gasteiger partial charge in [0, 0.05) is 17.4 Å². The number of hydrogen-bond acceptors (Lipinski definition) is 2. The smallest absolute Gasteiger partial charge is 0.101 e. The average Bonchev–Trinajstić information content (AvgIpc) is 2.86. The molecule has 1 aliphatic rings. The summed E-state index contributed by atoms with van der Waals surface area (Å²) in [5.74, 6) is 1.11. The summed E-state index contributed by atoms with van der Waals surface area (Å²) in [5, 5.41) is 5.89. The number of fused-ring (bicyclic) bond motifs is 1. The Kier molecular flexibility index (Phi) is 2.85. The van der Waals surface area contributed by atoms with Gasteiger partial charge in [0.2, 0.25) is 0 Å². The van der Waals surface area contributed by atoms with E-state index >= 15 is 0 Å². The van der Waals surface area contributed by atoms with Crippen molar-refractivity contribution in [3.8, 4) is 0 Å². The van der Waals surface area contributed by atoms with Crippen LogP contribution in [0.3, 0.4) is 0 Å². The Hall–Kier alpha value is -1.35. The highest BCUT2D eigenvalue weighted by Gasteiger charge is 2.09. The molecule has 86 valence electrons. The summed E-state index contributed by atoms with van der Waals surface area (Å²) >= 11 is 3.60. The highest BCUT2D eigenvalue weighted by atomic mass is 79.9. The first-order chi connectivity index (χ1) is 8.34. The first-order valence-corrected chi connectivity index (χ1v) is 6.57. The highest BCUT2D eigenvalue weighted by Crippen LogP contribution is 2.27. The van der Waals surface area contributed by atoms with Gasteiger partial charge in [-0.05, 0) is 22.4 Å². The van der Waals surface area contributed by atoms with Crippen LogP contribution in [-0.2, 0) is 6.42 Å². The molecule has 1 heterocycles. The molecule has 0 spiro atoms. The number of nitrogens with zero attached hydrogens (tertiary/aromatic N) is 1. The summed E-state index contributed by atoms with van der Waals surface area (Å²) in [4.78, 5) is 4.45. The van der Waals surface area contributed by atoms with Crippen molar-refractivity contribution in [3.63, 3.8) is 0 Å². The zero-order valence-corrected chi connectivity index (χ0v) is 11.0. The maximum atomic E-state index is 4.45. The largest absolute Gasteiger partial charge is 0.372 e. The molecule has 3 heteroatoms. The third-order valence-electron chi connectivity index (χ3n) is 3.06. The summed E-state index contributed by atoms with van der Waals surface area (Å²) in [6, 6.07) is 12.8. The maximum Gasteiger partial charge on any atom is 0.101 e. The van der Waals surface area contributed by atoms with Crippen molar-refractivity contribution in [2.45, 2.75) is 6.42 Å². The van der Waals surface area contributed by atoms with Crippen LogP contribution in [0.1, 0.15) is 5.56 Å². The van der Waals surface area contributed by atoms with Gasteiger partial charge in [-0.2, -0.15) is 0 Å². The monoisotopic (exact) mass is 288 g/mol. The van der Waals surface area contributed by atoms with Gasteiger partial charge in [0.1, 0.15) is 5.84 Å². The zero-order chi connectivity index (χ0) is 11.7. The number of hydrogen-bond donors (Lipinski definition) is 1. The van der Waals surface area contributed by atoms with Gasteiger partial charge in [-0.1, -0.05) is 46.3 Å². The van der Waals surface area contributed by atoms with E-state index in [1.54, 1.807) is 0 Å². The summed E-state index contributed by atoms with van der Waals surface area (Å²) < 4.78 is 1.15. The third-order valence-corrected chi connectivity index (χ3v) is 3.75. The predicted molar refractivity (Wildman–Crippen MR) is 75.7 cm³/mol. The molecule has 0 aliphatic carbocycles. The van der Waals surface area contributed by atoms with Gasteiger partial charge in [0.15, 0.2) is 0 Å². The van der Waals surface area contributed by atoms with Gasteiger partial charge in [0.05, 0.1) is 6.54 Å². The highest BCUT2D eigenvalue weighted by molar-refractivity contribution is 9.10. The van der Waals surface area contributed by atoms with Crippen LogP contribution in [-0.4, -0.2) is 18.9 Å². The van der Waals surface area contributed by atoms with Crippen molar-refractivity contribution in [2.75, 3.05) is 13.1 Å². The quantitative estimate of drug-likeness (QED) is 0.902. The van der Waals surface area contributed by atoms with Crippen LogP contribution in [0.15, 0.2) is 45.9 Å². The molecule has 0 unspecified atom stereocenters. The minimum absolute atomic E-state index is 0.897. The van der Waals surface area contributed by atoms with E-state index in [0.717, 1.165) is 29.8 Å². The molecule has 3 rings (SSSR count). The fourth-order valence-electron chi connectivity index (χ4n) is 2.22. The second-order valence-electron chi connectivity index (χ2n) is 4.18. The predicted octanol–water partition coefficient (Wildman–Crippen LogP) is 3.15. The van der Waals surface area contributed by atoms with Crippen molar-refractivity contribution in [2.24, 2.45) is 4.99 Å². The lowest BCUT2D eigenvalue weighted by Gasteiger charge is -2.08. The van der Waals surface area contributed by atoms with Gasteiger partial charge in [-0.3, -0.25) is 4.99 Å². The molecule has 0 radical (unpaired) electrons. The van der Waals surface area contributed by atoms with Crippen LogP contribution in [0.25, 0.3) is 10.8 Å². The van der Waals surface area contributed by atoms with E-state index < -0.39 is 0 Å². The van der Waals surface area contributed by atoms with Gasteiger partial charge >= 0.3 is 0 Å². The van der Waals surface area contributed by atoms with Gasteiger partial charge < -0.3 is 5.32 Å². The topological polar surface area (TPSA) is 24.4 Å². The molecular formula is C14H13BrN2. The van der Waals surface area contributed by atoms with E-state index in [1.807, 2.05) is 0 Å².